The van der Waals surface area contributed by atoms with Crippen LogP contribution >= 0.6 is 0 Å². The fourth-order valence-corrected chi connectivity index (χ4v) is 4.33. The van der Waals surface area contributed by atoms with Gasteiger partial charge in [0.25, 0.3) is 0 Å². The van der Waals surface area contributed by atoms with Crippen LogP contribution in [0.25, 0.3) is 0 Å². The third-order valence-electron chi connectivity index (χ3n) is 5.95. The molecule has 0 spiro atoms. The first-order valence-electron chi connectivity index (χ1n) is 10.6. The lowest BCUT2D eigenvalue weighted by Crippen LogP contribution is -2.27. The van der Waals surface area contributed by atoms with Crippen molar-refractivity contribution in [2.24, 2.45) is 17.8 Å². The average Bonchev–Trinajstić information content (AvgIpc) is 3.21. The van der Waals surface area contributed by atoms with Gasteiger partial charge < -0.3 is 9.84 Å². The second-order valence-electron chi connectivity index (χ2n) is 8.27. The molecule has 28 heavy (non-hydrogen) atoms. The Morgan fingerprint density at radius 1 is 1.32 bits per heavy atom. The number of hydrogen-bond acceptors (Lipinski definition) is 4. The summed E-state index contributed by atoms with van der Waals surface area (Å²) >= 11 is 0. The van der Waals surface area contributed by atoms with Crippen LogP contribution in [0.5, 0.6) is 0 Å². The molecule has 2 fully saturated rings. The number of allylic oxidation sites excluding steroid dienone is 1. The molecule has 0 aromatic rings. The fourth-order valence-electron chi connectivity index (χ4n) is 4.33. The summed E-state index contributed by atoms with van der Waals surface area (Å²) in [5.41, 5.74) is 0. The number of carbonyl (C=O) groups excluding carboxylic acids is 2. The Morgan fingerprint density at radius 3 is 2.82 bits per heavy atom. The molecule has 1 aliphatic carbocycles. The number of amides is 2. The normalized spacial score (nSPS) is 28.4. The lowest BCUT2D eigenvalue weighted by Gasteiger charge is -2.16. The van der Waals surface area contributed by atoms with E-state index in [9.17, 15) is 14.7 Å². The molecule has 1 unspecified atom stereocenters. The Kier molecular flexibility index (Phi) is 9.21. The number of imide groups is 1. The second kappa shape index (κ2) is 11.4. The van der Waals surface area contributed by atoms with Gasteiger partial charge in [-0.2, -0.15) is 0 Å². The van der Waals surface area contributed by atoms with E-state index in [1.54, 1.807) is 0 Å². The SMILES string of the molecule is CC#CCC(C)[C@H](O)C=C[C@H]1CC[C@@H]2O[C@H](CCCCC(=O)NC(C)=O)C[C@@H]21. The Hall–Kier alpha value is -1.64. The van der Waals surface area contributed by atoms with Gasteiger partial charge in [0, 0.05) is 19.8 Å². The number of unbranched alkanes of at least 4 members (excludes halogenated alkanes) is 1. The maximum atomic E-state index is 11.5. The molecule has 1 saturated carbocycles. The molecule has 0 aromatic carbocycles. The van der Waals surface area contributed by atoms with Crippen LogP contribution in [-0.4, -0.2) is 35.2 Å². The van der Waals surface area contributed by atoms with Gasteiger partial charge >= 0.3 is 0 Å². The summed E-state index contributed by atoms with van der Waals surface area (Å²) in [5, 5.41) is 12.6. The lowest BCUT2D eigenvalue weighted by atomic mass is 9.89. The number of ether oxygens (including phenoxy) is 1. The number of rotatable bonds is 9. The lowest BCUT2D eigenvalue weighted by molar-refractivity contribution is -0.129. The minimum Gasteiger partial charge on any atom is -0.389 e. The monoisotopic (exact) mass is 389 g/mol. The first kappa shape index (κ1) is 22.6. The van der Waals surface area contributed by atoms with Crippen LogP contribution in [0.1, 0.15) is 72.1 Å². The highest BCUT2D eigenvalue weighted by molar-refractivity contribution is 5.93. The predicted octanol–water partition coefficient (Wildman–Crippen LogP) is 3.36. The number of aliphatic hydroxyl groups excluding tert-OH is 1. The summed E-state index contributed by atoms with van der Waals surface area (Å²) in [5.74, 6) is 6.60. The smallest absolute Gasteiger partial charge is 0.226 e. The molecular formula is C23H35NO4. The van der Waals surface area contributed by atoms with Gasteiger partial charge in [-0.3, -0.25) is 14.9 Å². The molecule has 0 bridgehead atoms. The van der Waals surface area contributed by atoms with E-state index < -0.39 is 6.10 Å². The van der Waals surface area contributed by atoms with Crippen molar-refractivity contribution < 1.29 is 19.4 Å². The van der Waals surface area contributed by atoms with E-state index in [0.717, 1.165) is 38.5 Å². The van der Waals surface area contributed by atoms with E-state index in [2.05, 4.69) is 23.2 Å². The van der Waals surface area contributed by atoms with Crippen molar-refractivity contribution in [2.75, 3.05) is 0 Å². The second-order valence-corrected chi connectivity index (χ2v) is 8.27. The number of aliphatic hydroxyl groups is 1. The van der Waals surface area contributed by atoms with Gasteiger partial charge in [-0.25, -0.2) is 0 Å². The van der Waals surface area contributed by atoms with Gasteiger partial charge in [0.05, 0.1) is 18.3 Å². The standard InChI is InChI=1S/C23H35NO4/c1-4-5-8-16(2)21(26)13-11-18-12-14-22-20(18)15-19(28-22)9-6-7-10-23(27)24-17(3)25/h11,13,16,18-22,26H,6-10,12,14-15H2,1-3H3,(H,24,25,27)/t16?,18-,19+,20+,21+,22-/m0/s1. The van der Waals surface area contributed by atoms with Crippen molar-refractivity contribution in [1.82, 2.24) is 5.32 Å². The minimum atomic E-state index is -0.445. The quantitative estimate of drug-likeness (QED) is 0.360. The molecule has 1 heterocycles. The van der Waals surface area contributed by atoms with E-state index >= 15 is 0 Å². The molecule has 5 nitrogen and oxygen atoms in total. The van der Waals surface area contributed by atoms with Crippen molar-refractivity contribution in [3.63, 3.8) is 0 Å². The molecule has 2 aliphatic rings. The number of carbonyl (C=O) groups is 2. The molecule has 1 aliphatic heterocycles. The zero-order valence-corrected chi connectivity index (χ0v) is 17.4. The first-order chi connectivity index (χ1) is 13.4. The van der Waals surface area contributed by atoms with Crippen LogP contribution < -0.4 is 5.32 Å². The Balaban J connectivity index is 1.71. The summed E-state index contributed by atoms with van der Waals surface area (Å²) in [6.07, 6.45) is 11.4. The highest BCUT2D eigenvalue weighted by atomic mass is 16.5. The minimum absolute atomic E-state index is 0.147. The van der Waals surface area contributed by atoms with Gasteiger partial charge in [0.15, 0.2) is 0 Å². The Labute approximate surface area is 169 Å². The number of nitrogens with one attached hydrogen (secondary N) is 1. The molecule has 2 N–H and O–H groups in total. The molecule has 2 rings (SSSR count). The highest BCUT2D eigenvalue weighted by Gasteiger charge is 2.43. The van der Waals surface area contributed by atoms with Crippen molar-refractivity contribution >= 4 is 11.8 Å². The molecule has 1 saturated heterocycles. The van der Waals surface area contributed by atoms with Crippen LogP contribution in [0.15, 0.2) is 12.2 Å². The zero-order valence-electron chi connectivity index (χ0n) is 17.4. The first-order valence-corrected chi connectivity index (χ1v) is 10.6. The van der Waals surface area contributed by atoms with E-state index in [4.69, 9.17) is 4.74 Å². The van der Waals surface area contributed by atoms with Crippen molar-refractivity contribution in [3.05, 3.63) is 12.2 Å². The molecule has 6 atom stereocenters. The fraction of sp³-hybridized carbons (Fsp3) is 0.739. The van der Waals surface area contributed by atoms with Crippen LogP contribution in [0.3, 0.4) is 0 Å². The van der Waals surface area contributed by atoms with Gasteiger partial charge in [0.1, 0.15) is 0 Å². The third kappa shape index (κ3) is 7.07. The Morgan fingerprint density at radius 2 is 2.11 bits per heavy atom. The van der Waals surface area contributed by atoms with Crippen LogP contribution in [-0.2, 0) is 14.3 Å². The number of fused-ring (bicyclic) bond motifs is 1. The van der Waals surface area contributed by atoms with Crippen molar-refractivity contribution in [3.8, 4) is 11.8 Å². The highest BCUT2D eigenvalue weighted by Crippen LogP contribution is 2.44. The molecule has 5 heteroatoms. The van der Waals surface area contributed by atoms with Gasteiger partial charge in [0.2, 0.25) is 11.8 Å². The van der Waals surface area contributed by atoms with E-state index in [0.29, 0.717) is 30.8 Å². The van der Waals surface area contributed by atoms with Crippen LogP contribution in [0, 0.1) is 29.6 Å². The third-order valence-corrected chi connectivity index (χ3v) is 5.95. The maximum Gasteiger partial charge on any atom is 0.226 e. The van der Waals surface area contributed by atoms with Gasteiger partial charge in [-0.15, -0.1) is 11.8 Å². The molecule has 156 valence electrons. The van der Waals surface area contributed by atoms with Crippen molar-refractivity contribution in [2.45, 2.75) is 90.4 Å². The summed E-state index contributed by atoms with van der Waals surface area (Å²) in [6.45, 7) is 5.21. The van der Waals surface area contributed by atoms with E-state index in [1.165, 1.54) is 6.92 Å². The summed E-state index contributed by atoms with van der Waals surface area (Å²) in [6, 6.07) is 0. The summed E-state index contributed by atoms with van der Waals surface area (Å²) in [7, 11) is 0. The van der Waals surface area contributed by atoms with Crippen molar-refractivity contribution in [1.29, 1.82) is 0 Å². The Bertz CT molecular complexity index is 618. The molecular weight excluding hydrogens is 354 g/mol. The molecule has 0 radical (unpaired) electrons. The van der Waals surface area contributed by atoms with E-state index in [-0.39, 0.29) is 23.8 Å². The summed E-state index contributed by atoms with van der Waals surface area (Å²) < 4.78 is 6.23. The average molecular weight is 390 g/mol. The van der Waals surface area contributed by atoms with Crippen LogP contribution in [0.2, 0.25) is 0 Å². The zero-order chi connectivity index (χ0) is 20.5. The van der Waals surface area contributed by atoms with Gasteiger partial charge in [-0.05, 0) is 56.8 Å². The maximum absolute atomic E-state index is 11.5. The van der Waals surface area contributed by atoms with Gasteiger partial charge in [-0.1, -0.05) is 25.5 Å². The largest absolute Gasteiger partial charge is 0.389 e. The topological polar surface area (TPSA) is 75.6 Å². The predicted molar refractivity (Wildman–Crippen MR) is 109 cm³/mol. The van der Waals surface area contributed by atoms with E-state index in [1.807, 2.05) is 19.9 Å². The summed E-state index contributed by atoms with van der Waals surface area (Å²) in [4.78, 5) is 22.3. The molecule has 0 aromatic heterocycles. The van der Waals surface area contributed by atoms with Crippen LogP contribution in [0.4, 0.5) is 0 Å². The number of hydrogen-bond donors (Lipinski definition) is 2. The molecule has 2 amide bonds.